The van der Waals surface area contributed by atoms with Crippen LogP contribution in [0.25, 0.3) is 0 Å². The second-order valence-corrected chi connectivity index (χ2v) is 7.68. The fourth-order valence-electron chi connectivity index (χ4n) is 3.67. The van der Waals surface area contributed by atoms with Gasteiger partial charge in [-0.15, -0.1) is 6.58 Å². The molecule has 1 aromatic rings. The van der Waals surface area contributed by atoms with Crippen molar-refractivity contribution < 1.29 is 9.59 Å². The topological polar surface area (TPSA) is 64.4 Å². The molecule has 5 nitrogen and oxygen atoms in total. The highest BCUT2D eigenvalue weighted by atomic mass is 16.2. The standard InChI is InChI=1S/C22H29N3O2/c1-5-7-19(12-16(2)3)21(26)24-10-11-25(17(4)15-24)22(27)20-9-6-8-18(13-20)14-23/h5-6,8-9,13,16-17,19H,1,7,10-12,15H2,2-4H3/t17-,19?/m1/s1. The van der Waals surface area contributed by atoms with Gasteiger partial charge in [-0.25, -0.2) is 0 Å². The number of allylic oxidation sites excluding steroid dienone is 1. The fourth-order valence-corrected chi connectivity index (χ4v) is 3.67. The summed E-state index contributed by atoms with van der Waals surface area (Å²) in [6, 6.07) is 8.76. The molecule has 0 spiro atoms. The molecule has 2 atom stereocenters. The zero-order valence-electron chi connectivity index (χ0n) is 16.5. The molecule has 1 aliphatic rings. The van der Waals surface area contributed by atoms with Gasteiger partial charge in [0, 0.05) is 37.2 Å². The molecule has 0 aromatic heterocycles. The highest BCUT2D eigenvalue weighted by Crippen LogP contribution is 2.22. The lowest BCUT2D eigenvalue weighted by Gasteiger charge is -2.41. The third-order valence-electron chi connectivity index (χ3n) is 4.99. The van der Waals surface area contributed by atoms with Gasteiger partial charge < -0.3 is 9.80 Å². The summed E-state index contributed by atoms with van der Waals surface area (Å²) in [5.41, 5.74) is 0.994. The van der Waals surface area contributed by atoms with Crippen molar-refractivity contribution in [3.05, 3.63) is 48.0 Å². The number of nitriles is 1. The van der Waals surface area contributed by atoms with E-state index in [2.05, 4.69) is 26.5 Å². The molecule has 144 valence electrons. The number of hydrogen-bond donors (Lipinski definition) is 0. The number of benzene rings is 1. The van der Waals surface area contributed by atoms with E-state index in [1.165, 1.54) is 0 Å². The zero-order valence-corrected chi connectivity index (χ0v) is 16.5. The van der Waals surface area contributed by atoms with Crippen molar-refractivity contribution in [3.63, 3.8) is 0 Å². The maximum absolute atomic E-state index is 12.9. The van der Waals surface area contributed by atoms with Gasteiger partial charge in [0.05, 0.1) is 11.6 Å². The fraction of sp³-hybridized carbons (Fsp3) is 0.500. The van der Waals surface area contributed by atoms with Crippen LogP contribution in [0.2, 0.25) is 0 Å². The first-order chi connectivity index (χ1) is 12.9. The lowest BCUT2D eigenvalue weighted by atomic mass is 9.92. The molecule has 0 radical (unpaired) electrons. The SMILES string of the molecule is C=CCC(CC(C)C)C(=O)N1CCN(C(=O)c2cccc(C#N)c2)[C@H](C)C1. The predicted molar refractivity (Wildman–Crippen MR) is 106 cm³/mol. The van der Waals surface area contributed by atoms with Crippen LogP contribution in [-0.4, -0.2) is 47.3 Å². The molecule has 5 heteroatoms. The second-order valence-electron chi connectivity index (χ2n) is 7.68. The van der Waals surface area contributed by atoms with E-state index < -0.39 is 0 Å². The molecule has 1 fully saturated rings. The third-order valence-corrected chi connectivity index (χ3v) is 4.99. The van der Waals surface area contributed by atoms with Crippen LogP contribution in [0.3, 0.4) is 0 Å². The molecule has 0 aliphatic carbocycles. The van der Waals surface area contributed by atoms with Crippen LogP contribution in [0.15, 0.2) is 36.9 Å². The van der Waals surface area contributed by atoms with Gasteiger partial charge in [0.15, 0.2) is 0 Å². The minimum absolute atomic E-state index is 0.0377. The molecule has 27 heavy (non-hydrogen) atoms. The van der Waals surface area contributed by atoms with Crippen molar-refractivity contribution in [2.75, 3.05) is 19.6 Å². The minimum atomic E-state index is -0.0866. The molecule has 1 unspecified atom stereocenters. The Morgan fingerprint density at radius 3 is 2.70 bits per heavy atom. The Morgan fingerprint density at radius 1 is 1.37 bits per heavy atom. The Hall–Kier alpha value is -2.61. The Bertz CT molecular complexity index is 735. The number of piperazine rings is 1. The van der Waals surface area contributed by atoms with Crippen molar-refractivity contribution >= 4 is 11.8 Å². The molecular weight excluding hydrogens is 338 g/mol. The Kier molecular flexibility index (Phi) is 7.18. The van der Waals surface area contributed by atoms with Gasteiger partial charge in [-0.2, -0.15) is 5.26 Å². The van der Waals surface area contributed by atoms with Gasteiger partial charge in [0.25, 0.3) is 5.91 Å². The van der Waals surface area contributed by atoms with E-state index in [0.29, 0.717) is 43.1 Å². The predicted octanol–water partition coefficient (Wildman–Crippen LogP) is 3.47. The van der Waals surface area contributed by atoms with Gasteiger partial charge in [-0.1, -0.05) is 26.0 Å². The van der Waals surface area contributed by atoms with Crippen molar-refractivity contribution in [3.8, 4) is 6.07 Å². The number of hydrogen-bond acceptors (Lipinski definition) is 3. The van der Waals surface area contributed by atoms with Crippen molar-refractivity contribution in [2.24, 2.45) is 11.8 Å². The number of carbonyl (C=O) groups excluding carboxylic acids is 2. The van der Waals surface area contributed by atoms with E-state index in [4.69, 9.17) is 5.26 Å². The highest BCUT2D eigenvalue weighted by Gasteiger charge is 2.33. The first-order valence-corrected chi connectivity index (χ1v) is 9.58. The smallest absolute Gasteiger partial charge is 0.254 e. The molecule has 2 amide bonds. The van der Waals surface area contributed by atoms with E-state index in [9.17, 15) is 9.59 Å². The first-order valence-electron chi connectivity index (χ1n) is 9.58. The summed E-state index contributed by atoms with van der Waals surface area (Å²) in [5, 5.41) is 9.03. The first kappa shape index (κ1) is 20.7. The Morgan fingerprint density at radius 2 is 2.11 bits per heavy atom. The third kappa shape index (κ3) is 5.19. The maximum atomic E-state index is 12.9. The number of amides is 2. The Labute approximate surface area is 162 Å². The van der Waals surface area contributed by atoms with Crippen molar-refractivity contribution in [2.45, 2.75) is 39.7 Å². The quantitative estimate of drug-likeness (QED) is 0.723. The van der Waals surface area contributed by atoms with Crippen LogP contribution in [-0.2, 0) is 4.79 Å². The van der Waals surface area contributed by atoms with Crippen molar-refractivity contribution in [1.29, 1.82) is 5.26 Å². The summed E-state index contributed by atoms with van der Waals surface area (Å²) in [6.07, 6.45) is 3.35. The average Bonchev–Trinajstić information content (AvgIpc) is 2.66. The van der Waals surface area contributed by atoms with E-state index >= 15 is 0 Å². The molecule has 1 saturated heterocycles. The average molecular weight is 367 g/mol. The van der Waals surface area contributed by atoms with Crippen LogP contribution in [0.1, 0.15) is 49.5 Å². The monoisotopic (exact) mass is 367 g/mol. The van der Waals surface area contributed by atoms with E-state index in [0.717, 1.165) is 6.42 Å². The van der Waals surface area contributed by atoms with Crippen LogP contribution < -0.4 is 0 Å². The second kappa shape index (κ2) is 9.36. The van der Waals surface area contributed by atoms with Gasteiger partial charge in [-0.05, 0) is 43.9 Å². The summed E-state index contributed by atoms with van der Waals surface area (Å²) in [7, 11) is 0. The lowest BCUT2D eigenvalue weighted by molar-refractivity contribution is -0.138. The molecule has 0 N–H and O–H groups in total. The molecule has 1 aromatic carbocycles. The molecule has 2 rings (SSSR count). The summed E-state index contributed by atoms with van der Waals surface area (Å²) in [4.78, 5) is 29.5. The van der Waals surface area contributed by atoms with E-state index in [1.54, 1.807) is 29.2 Å². The van der Waals surface area contributed by atoms with E-state index in [1.807, 2.05) is 17.9 Å². The molecule has 1 heterocycles. The number of carbonyl (C=O) groups is 2. The highest BCUT2D eigenvalue weighted by molar-refractivity contribution is 5.95. The molecular formula is C22H29N3O2. The number of nitrogens with zero attached hydrogens (tertiary/aromatic N) is 3. The normalized spacial score (nSPS) is 18.1. The van der Waals surface area contributed by atoms with Gasteiger partial charge in [0.1, 0.15) is 0 Å². The van der Waals surface area contributed by atoms with Gasteiger partial charge in [-0.3, -0.25) is 9.59 Å². The Balaban J connectivity index is 2.06. The van der Waals surface area contributed by atoms with Crippen LogP contribution in [0.5, 0.6) is 0 Å². The zero-order chi connectivity index (χ0) is 20.0. The van der Waals surface area contributed by atoms with Crippen LogP contribution in [0.4, 0.5) is 0 Å². The maximum Gasteiger partial charge on any atom is 0.254 e. The van der Waals surface area contributed by atoms with E-state index in [-0.39, 0.29) is 23.8 Å². The summed E-state index contributed by atoms with van der Waals surface area (Å²) >= 11 is 0. The molecule has 0 bridgehead atoms. The van der Waals surface area contributed by atoms with Crippen LogP contribution >= 0.6 is 0 Å². The number of rotatable bonds is 6. The summed E-state index contributed by atoms with van der Waals surface area (Å²) in [5.74, 6) is 0.487. The largest absolute Gasteiger partial charge is 0.339 e. The summed E-state index contributed by atoms with van der Waals surface area (Å²) in [6.45, 7) is 11.6. The van der Waals surface area contributed by atoms with Crippen molar-refractivity contribution in [1.82, 2.24) is 9.80 Å². The minimum Gasteiger partial charge on any atom is -0.339 e. The lowest BCUT2D eigenvalue weighted by Crippen LogP contribution is -2.56. The molecule has 1 aliphatic heterocycles. The van der Waals surface area contributed by atoms with Gasteiger partial charge in [0.2, 0.25) is 5.91 Å². The van der Waals surface area contributed by atoms with Gasteiger partial charge >= 0.3 is 0 Å². The van der Waals surface area contributed by atoms with Crippen LogP contribution in [0, 0.1) is 23.2 Å². The summed E-state index contributed by atoms with van der Waals surface area (Å²) < 4.78 is 0. The molecule has 0 saturated carbocycles.